The molecule has 1 aliphatic carbocycles. The van der Waals surface area contributed by atoms with Crippen molar-refractivity contribution in [1.29, 1.82) is 0 Å². The Labute approximate surface area is 155 Å². The van der Waals surface area contributed by atoms with Crippen LogP contribution in [0.4, 0.5) is 0 Å². The fourth-order valence-corrected chi connectivity index (χ4v) is 3.23. The zero-order chi connectivity index (χ0) is 18.9. The lowest BCUT2D eigenvalue weighted by atomic mass is 9.86. The van der Waals surface area contributed by atoms with Gasteiger partial charge in [-0.2, -0.15) is 0 Å². The average Bonchev–Trinajstić information content (AvgIpc) is 2.65. The number of amides is 2. The van der Waals surface area contributed by atoms with E-state index in [0.717, 1.165) is 6.42 Å². The Kier molecular flexibility index (Phi) is 7.75. The monoisotopic (exact) mass is 362 g/mol. The van der Waals surface area contributed by atoms with Crippen molar-refractivity contribution < 1.29 is 19.1 Å². The molecule has 1 fully saturated rings. The van der Waals surface area contributed by atoms with Crippen LogP contribution in [0.2, 0.25) is 0 Å². The number of carbonyl (C=O) groups is 2. The van der Waals surface area contributed by atoms with Gasteiger partial charge < -0.3 is 9.47 Å². The Balaban J connectivity index is 1.82. The quantitative estimate of drug-likeness (QED) is 0.727. The summed E-state index contributed by atoms with van der Waals surface area (Å²) in [6, 6.07) is 4.93. The van der Waals surface area contributed by atoms with Gasteiger partial charge in [0.15, 0.2) is 11.5 Å². The third-order valence-electron chi connectivity index (χ3n) is 4.61. The molecule has 2 rings (SSSR count). The summed E-state index contributed by atoms with van der Waals surface area (Å²) in [5.41, 5.74) is 5.35. The van der Waals surface area contributed by atoms with Gasteiger partial charge in [0.05, 0.1) is 13.2 Å². The Morgan fingerprint density at radius 1 is 1.12 bits per heavy atom. The van der Waals surface area contributed by atoms with E-state index in [9.17, 15) is 9.59 Å². The van der Waals surface area contributed by atoms with Crippen molar-refractivity contribution >= 4 is 11.8 Å². The Bertz CT molecular complexity index is 610. The predicted molar refractivity (Wildman–Crippen MR) is 100 cm³/mol. The molecule has 6 nitrogen and oxygen atoms in total. The summed E-state index contributed by atoms with van der Waals surface area (Å²) in [6.45, 7) is 3.84. The molecule has 0 aromatic heterocycles. The molecule has 0 heterocycles. The van der Waals surface area contributed by atoms with Crippen LogP contribution in [0.3, 0.4) is 0 Å². The third-order valence-corrected chi connectivity index (χ3v) is 4.61. The first-order valence-corrected chi connectivity index (χ1v) is 9.43. The fraction of sp³-hybridized carbons (Fsp3) is 0.600. The molecule has 0 unspecified atom stereocenters. The lowest BCUT2D eigenvalue weighted by Crippen LogP contribution is -2.41. The molecule has 26 heavy (non-hydrogen) atoms. The molecular weight excluding hydrogens is 332 g/mol. The van der Waals surface area contributed by atoms with Gasteiger partial charge in [0.2, 0.25) is 5.91 Å². The molecule has 2 amide bonds. The Morgan fingerprint density at radius 3 is 2.50 bits per heavy atom. The normalized spacial score (nSPS) is 14.8. The van der Waals surface area contributed by atoms with Gasteiger partial charge in [-0.05, 0) is 44.4 Å². The van der Waals surface area contributed by atoms with Crippen molar-refractivity contribution in [2.45, 2.75) is 64.9 Å². The third kappa shape index (κ3) is 6.24. The van der Waals surface area contributed by atoms with Crippen LogP contribution >= 0.6 is 0 Å². The van der Waals surface area contributed by atoms with Gasteiger partial charge in [-0.25, -0.2) is 0 Å². The van der Waals surface area contributed by atoms with Crippen molar-refractivity contribution in [2.75, 3.05) is 7.11 Å². The van der Waals surface area contributed by atoms with E-state index in [1.165, 1.54) is 39.2 Å². The van der Waals surface area contributed by atoms with Crippen molar-refractivity contribution in [2.24, 2.45) is 5.92 Å². The van der Waals surface area contributed by atoms with Crippen molar-refractivity contribution in [1.82, 2.24) is 10.9 Å². The molecular formula is C20H30N2O4. The van der Waals surface area contributed by atoms with Crippen LogP contribution in [0.1, 0.15) is 69.2 Å². The molecule has 0 spiro atoms. The van der Waals surface area contributed by atoms with Crippen LogP contribution in [-0.2, 0) is 4.79 Å². The number of ether oxygens (including phenoxy) is 2. The van der Waals surface area contributed by atoms with Gasteiger partial charge in [0, 0.05) is 12.0 Å². The highest BCUT2D eigenvalue weighted by Gasteiger charge is 2.16. The van der Waals surface area contributed by atoms with Crippen molar-refractivity contribution in [3.8, 4) is 11.5 Å². The van der Waals surface area contributed by atoms with Crippen molar-refractivity contribution in [3.05, 3.63) is 23.8 Å². The van der Waals surface area contributed by atoms with Crippen molar-refractivity contribution in [3.63, 3.8) is 0 Å². The second kappa shape index (κ2) is 10.0. The summed E-state index contributed by atoms with van der Waals surface area (Å²) in [4.78, 5) is 24.2. The average molecular weight is 362 g/mol. The summed E-state index contributed by atoms with van der Waals surface area (Å²) in [5.74, 6) is 1.16. The standard InChI is InChI=1S/C20H30N2O4/c1-14(2)26-17-11-10-16(13-18(17)25-3)20(24)22-21-19(23)12-9-15-7-5-4-6-8-15/h10-11,13-15H,4-9,12H2,1-3H3,(H,21,23)(H,22,24). The maximum atomic E-state index is 12.2. The molecule has 6 heteroatoms. The van der Waals surface area contributed by atoms with Gasteiger partial charge in [0.1, 0.15) is 0 Å². The number of nitrogens with one attached hydrogen (secondary N) is 2. The van der Waals surface area contributed by atoms with Crippen LogP contribution in [0.15, 0.2) is 18.2 Å². The van der Waals surface area contributed by atoms with Crippen LogP contribution in [0.25, 0.3) is 0 Å². The molecule has 1 aliphatic rings. The highest BCUT2D eigenvalue weighted by atomic mass is 16.5. The number of hydrazine groups is 1. The van der Waals surface area contributed by atoms with Gasteiger partial charge in [-0.1, -0.05) is 32.1 Å². The highest BCUT2D eigenvalue weighted by molar-refractivity contribution is 5.96. The summed E-state index contributed by atoms with van der Waals surface area (Å²) >= 11 is 0. The summed E-state index contributed by atoms with van der Waals surface area (Å²) in [6.07, 6.45) is 7.60. The number of rotatable bonds is 7. The second-order valence-corrected chi connectivity index (χ2v) is 7.08. The molecule has 1 aromatic rings. The van der Waals surface area contributed by atoms with E-state index in [2.05, 4.69) is 10.9 Å². The van der Waals surface area contributed by atoms with Gasteiger partial charge in [-0.15, -0.1) is 0 Å². The number of benzene rings is 1. The maximum absolute atomic E-state index is 12.2. The van der Waals surface area contributed by atoms with Gasteiger partial charge in [0.25, 0.3) is 5.91 Å². The molecule has 144 valence electrons. The predicted octanol–water partition coefficient (Wildman–Crippen LogP) is 3.60. The van der Waals surface area contributed by atoms with E-state index in [0.29, 0.717) is 29.4 Å². The number of hydrogen-bond donors (Lipinski definition) is 2. The molecule has 0 atom stereocenters. The lowest BCUT2D eigenvalue weighted by Gasteiger charge is -2.21. The zero-order valence-electron chi connectivity index (χ0n) is 16.0. The molecule has 1 aromatic carbocycles. The van der Waals surface area contributed by atoms with Gasteiger partial charge >= 0.3 is 0 Å². The largest absolute Gasteiger partial charge is 0.493 e. The van der Waals surface area contributed by atoms with Crippen LogP contribution in [-0.4, -0.2) is 25.0 Å². The molecule has 0 bridgehead atoms. The zero-order valence-corrected chi connectivity index (χ0v) is 16.0. The summed E-state index contributed by atoms with van der Waals surface area (Å²) < 4.78 is 10.9. The van der Waals surface area contributed by atoms with E-state index < -0.39 is 0 Å². The Hall–Kier alpha value is -2.24. The smallest absolute Gasteiger partial charge is 0.269 e. The van der Waals surface area contributed by atoms with Crippen LogP contribution < -0.4 is 20.3 Å². The first-order valence-electron chi connectivity index (χ1n) is 9.43. The number of carbonyl (C=O) groups excluding carboxylic acids is 2. The summed E-state index contributed by atoms with van der Waals surface area (Å²) in [7, 11) is 1.53. The minimum Gasteiger partial charge on any atom is -0.493 e. The molecule has 0 saturated heterocycles. The van der Waals surface area contributed by atoms with E-state index in [1.54, 1.807) is 18.2 Å². The Morgan fingerprint density at radius 2 is 1.85 bits per heavy atom. The van der Waals surface area contributed by atoms with E-state index >= 15 is 0 Å². The van der Waals surface area contributed by atoms with E-state index in [-0.39, 0.29) is 17.9 Å². The first-order chi connectivity index (χ1) is 12.5. The maximum Gasteiger partial charge on any atom is 0.269 e. The minimum absolute atomic E-state index is 0.00651. The lowest BCUT2D eigenvalue weighted by molar-refractivity contribution is -0.122. The minimum atomic E-state index is -0.384. The number of hydrogen-bond acceptors (Lipinski definition) is 4. The van der Waals surface area contributed by atoms with Crippen LogP contribution in [0, 0.1) is 5.92 Å². The number of methoxy groups -OCH3 is 1. The molecule has 0 radical (unpaired) electrons. The molecule has 2 N–H and O–H groups in total. The van der Waals surface area contributed by atoms with E-state index in [1.807, 2.05) is 13.8 Å². The highest BCUT2D eigenvalue weighted by Crippen LogP contribution is 2.29. The van der Waals surface area contributed by atoms with Gasteiger partial charge in [-0.3, -0.25) is 20.4 Å². The van der Waals surface area contributed by atoms with Crippen LogP contribution in [0.5, 0.6) is 11.5 Å². The molecule has 1 saturated carbocycles. The molecule has 0 aliphatic heterocycles. The summed E-state index contributed by atoms with van der Waals surface area (Å²) in [5, 5.41) is 0. The fourth-order valence-electron chi connectivity index (χ4n) is 3.23. The topological polar surface area (TPSA) is 76.7 Å². The van der Waals surface area contributed by atoms with E-state index in [4.69, 9.17) is 9.47 Å². The second-order valence-electron chi connectivity index (χ2n) is 7.08. The SMILES string of the molecule is COc1cc(C(=O)NNC(=O)CCC2CCCCC2)ccc1OC(C)C. The first kappa shape index (κ1) is 20.1.